The van der Waals surface area contributed by atoms with Crippen molar-refractivity contribution in [2.24, 2.45) is 0 Å². The molecule has 0 spiro atoms. The zero-order chi connectivity index (χ0) is 23.8. The van der Waals surface area contributed by atoms with Crippen molar-refractivity contribution in [2.75, 3.05) is 11.5 Å². The van der Waals surface area contributed by atoms with E-state index >= 15 is 0 Å². The lowest BCUT2D eigenvalue weighted by Gasteiger charge is -2.26. The summed E-state index contributed by atoms with van der Waals surface area (Å²) in [4.78, 5) is 13.8. The normalized spacial score (nSPS) is 10.5. The van der Waals surface area contributed by atoms with Crippen molar-refractivity contribution in [3.8, 4) is 11.1 Å². The summed E-state index contributed by atoms with van der Waals surface area (Å²) in [7, 11) is 0. The summed E-state index contributed by atoms with van der Waals surface area (Å²) < 4.78 is 5.20. The second-order valence-corrected chi connectivity index (χ2v) is 8.27. The van der Waals surface area contributed by atoms with Crippen molar-refractivity contribution < 1.29 is 9.53 Å². The topological polar surface area (TPSA) is 29.5 Å². The van der Waals surface area contributed by atoms with Crippen LogP contribution in [0.3, 0.4) is 0 Å². The van der Waals surface area contributed by atoms with Crippen LogP contribution in [-0.4, -0.2) is 12.6 Å². The number of esters is 1. The minimum Gasteiger partial charge on any atom is -0.462 e. The number of nitrogens with zero attached hydrogens (tertiary/aromatic N) is 1. The first kappa shape index (κ1) is 23.1. The van der Waals surface area contributed by atoms with Crippen LogP contribution in [0.25, 0.3) is 11.1 Å². The van der Waals surface area contributed by atoms with Gasteiger partial charge in [0.2, 0.25) is 0 Å². The van der Waals surface area contributed by atoms with Gasteiger partial charge in [0.15, 0.2) is 0 Å². The Hall–Kier alpha value is -4.11. The molecule has 0 saturated carbocycles. The molecule has 0 aromatic heterocycles. The van der Waals surface area contributed by atoms with Crippen molar-refractivity contribution >= 4 is 23.0 Å². The molecule has 0 unspecified atom stereocenters. The van der Waals surface area contributed by atoms with Gasteiger partial charge < -0.3 is 9.64 Å². The summed E-state index contributed by atoms with van der Waals surface area (Å²) in [6.07, 6.45) is 1.63. The SMILES string of the molecule is C=C(C)C(=O)OCCCc1ccc(N(c2ccccc2)c2ccc(-c3ccccc3)cc2)cc1. The summed E-state index contributed by atoms with van der Waals surface area (Å²) in [6, 6.07) is 38.0. The van der Waals surface area contributed by atoms with Crippen LogP contribution in [0.2, 0.25) is 0 Å². The van der Waals surface area contributed by atoms with Crippen molar-refractivity contribution in [3.05, 3.63) is 127 Å². The van der Waals surface area contributed by atoms with Crippen molar-refractivity contribution in [2.45, 2.75) is 19.8 Å². The Balaban J connectivity index is 1.52. The molecule has 0 atom stereocenters. The highest BCUT2D eigenvalue weighted by atomic mass is 16.5. The van der Waals surface area contributed by atoms with E-state index in [1.165, 1.54) is 16.7 Å². The van der Waals surface area contributed by atoms with Gasteiger partial charge in [0.1, 0.15) is 0 Å². The molecule has 0 aliphatic carbocycles. The fraction of sp³-hybridized carbons (Fsp3) is 0.129. The van der Waals surface area contributed by atoms with Crippen LogP contribution in [0, 0.1) is 0 Å². The predicted octanol–water partition coefficient (Wildman–Crippen LogP) is 7.88. The monoisotopic (exact) mass is 447 g/mol. The maximum Gasteiger partial charge on any atom is 0.333 e. The summed E-state index contributed by atoms with van der Waals surface area (Å²) in [6.45, 7) is 5.67. The van der Waals surface area contributed by atoms with Crippen LogP contribution in [0.1, 0.15) is 18.9 Å². The van der Waals surface area contributed by atoms with E-state index in [-0.39, 0.29) is 5.97 Å². The maximum absolute atomic E-state index is 11.5. The van der Waals surface area contributed by atoms with Gasteiger partial charge in [-0.05, 0) is 72.9 Å². The van der Waals surface area contributed by atoms with E-state index in [0.717, 1.165) is 29.9 Å². The lowest BCUT2D eigenvalue weighted by Crippen LogP contribution is -2.10. The van der Waals surface area contributed by atoms with Crippen LogP contribution >= 0.6 is 0 Å². The Morgan fingerprint density at radius 2 is 1.21 bits per heavy atom. The number of aryl methyl sites for hydroxylation is 1. The molecule has 0 saturated heterocycles. The molecule has 0 aliphatic heterocycles. The standard InChI is InChI=1S/C31H29NO2/c1-24(2)31(33)34-23-9-10-25-15-19-29(20-16-25)32(28-13-7-4-8-14-28)30-21-17-27(18-22-30)26-11-5-3-6-12-26/h3-8,11-22H,1,9-10,23H2,2H3. The average molecular weight is 448 g/mol. The maximum atomic E-state index is 11.5. The first-order valence-corrected chi connectivity index (χ1v) is 11.5. The molecule has 170 valence electrons. The summed E-state index contributed by atoms with van der Waals surface area (Å²) >= 11 is 0. The largest absolute Gasteiger partial charge is 0.462 e. The predicted molar refractivity (Wildman–Crippen MR) is 141 cm³/mol. The van der Waals surface area contributed by atoms with Crippen LogP contribution in [0.4, 0.5) is 17.1 Å². The quantitative estimate of drug-likeness (QED) is 0.148. The van der Waals surface area contributed by atoms with Gasteiger partial charge in [0.05, 0.1) is 6.61 Å². The van der Waals surface area contributed by atoms with Gasteiger partial charge >= 0.3 is 5.97 Å². The van der Waals surface area contributed by atoms with Crippen molar-refractivity contribution in [1.29, 1.82) is 0 Å². The van der Waals surface area contributed by atoms with Gasteiger partial charge in [-0.3, -0.25) is 0 Å². The number of para-hydroxylation sites is 1. The van der Waals surface area contributed by atoms with Gasteiger partial charge in [-0.15, -0.1) is 0 Å². The zero-order valence-corrected chi connectivity index (χ0v) is 19.5. The molecule has 3 heteroatoms. The lowest BCUT2D eigenvalue weighted by atomic mass is 10.0. The van der Waals surface area contributed by atoms with Crippen LogP contribution < -0.4 is 4.90 Å². The molecule has 0 heterocycles. The first-order chi connectivity index (χ1) is 16.6. The fourth-order valence-corrected chi connectivity index (χ4v) is 3.83. The second-order valence-electron chi connectivity index (χ2n) is 8.27. The van der Waals surface area contributed by atoms with Gasteiger partial charge in [-0.2, -0.15) is 0 Å². The third-order valence-corrected chi connectivity index (χ3v) is 5.63. The number of ether oxygens (including phenoxy) is 1. The molecule has 0 radical (unpaired) electrons. The lowest BCUT2D eigenvalue weighted by molar-refractivity contribution is -0.139. The van der Waals surface area contributed by atoms with E-state index in [2.05, 4.69) is 109 Å². The number of carbonyl (C=O) groups excluding carboxylic acids is 1. The Bertz CT molecular complexity index is 1210. The highest BCUT2D eigenvalue weighted by molar-refractivity contribution is 5.86. The van der Waals surface area contributed by atoms with E-state index in [9.17, 15) is 4.79 Å². The van der Waals surface area contributed by atoms with Crippen molar-refractivity contribution in [3.63, 3.8) is 0 Å². The molecule has 4 aromatic carbocycles. The molecular formula is C31H29NO2. The number of benzene rings is 4. The summed E-state index contributed by atoms with van der Waals surface area (Å²) in [5.74, 6) is -0.327. The van der Waals surface area contributed by atoms with Gasteiger partial charge in [0.25, 0.3) is 0 Å². The molecule has 0 fully saturated rings. The smallest absolute Gasteiger partial charge is 0.333 e. The molecule has 0 amide bonds. The van der Waals surface area contributed by atoms with E-state index < -0.39 is 0 Å². The highest BCUT2D eigenvalue weighted by Gasteiger charge is 2.12. The third kappa shape index (κ3) is 5.81. The minimum atomic E-state index is -0.327. The first-order valence-electron chi connectivity index (χ1n) is 11.5. The zero-order valence-electron chi connectivity index (χ0n) is 19.5. The second kappa shape index (κ2) is 11.2. The van der Waals surface area contributed by atoms with E-state index in [1.54, 1.807) is 6.92 Å². The van der Waals surface area contributed by atoms with Crippen LogP contribution in [0.15, 0.2) is 121 Å². The summed E-state index contributed by atoms with van der Waals surface area (Å²) in [5.41, 5.74) is 7.35. The number of carbonyl (C=O) groups is 1. The third-order valence-electron chi connectivity index (χ3n) is 5.63. The number of hydrogen-bond acceptors (Lipinski definition) is 3. The van der Waals surface area contributed by atoms with Gasteiger partial charge in [-0.25, -0.2) is 4.79 Å². The molecular weight excluding hydrogens is 418 g/mol. The molecule has 34 heavy (non-hydrogen) atoms. The fourth-order valence-electron chi connectivity index (χ4n) is 3.83. The number of hydrogen-bond donors (Lipinski definition) is 0. The van der Waals surface area contributed by atoms with E-state index in [1.807, 2.05) is 12.1 Å². The van der Waals surface area contributed by atoms with Crippen LogP contribution in [-0.2, 0) is 16.0 Å². The molecule has 0 aliphatic rings. The van der Waals surface area contributed by atoms with E-state index in [4.69, 9.17) is 4.74 Å². The Morgan fingerprint density at radius 1 is 0.706 bits per heavy atom. The Labute approximate surface area is 202 Å². The molecule has 4 rings (SSSR count). The number of anilines is 3. The highest BCUT2D eigenvalue weighted by Crippen LogP contribution is 2.35. The van der Waals surface area contributed by atoms with Gasteiger partial charge in [0, 0.05) is 22.6 Å². The minimum absolute atomic E-state index is 0.327. The van der Waals surface area contributed by atoms with Crippen molar-refractivity contribution in [1.82, 2.24) is 0 Å². The molecule has 0 bridgehead atoms. The Morgan fingerprint density at radius 3 is 1.79 bits per heavy atom. The molecule has 0 N–H and O–H groups in total. The Kier molecular flexibility index (Phi) is 7.56. The summed E-state index contributed by atoms with van der Waals surface area (Å²) in [5, 5.41) is 0. The molecule has 3 nitrogen and oxygen atoms in total. The molecule has 4 aromatic rings. The van der Waals surface area contributed by atoms with E-state index in [0.29, 0.717) is 12.2 Å². The van der Waals surface area contributed by atoms with Gasteiger partial charge in [-0.1, -0.05) is 79.4 Å². The number of rotatable bonds is 9. The van der Waals surface area contributed by atoms with Crippen LogP contribution in [0.5, 0.6) is 0 Å². The average Bonchev–Trinajstić information content (AvgIpc) is 2.89.